The summed E-state index contributed by atoms with van der Waals surface area (Å²) in [4.78, 5) is 0. The number of hydrogen-bond acceptors (Lipinski definition) is 2. The SMILES string of the molecule is CNCC1CCCCC1Oc1cccc(C)c1. The molecule has 0 saturated heterocycles. The van der Waals surface area contributed by atoms with E-state index in [1.165, 1.54) is 31.2 Å². The first-order valence-corrected chi connectivity index (χ1v) is 6.67. The Bertz CT molecular complexity index is 349. The lowest BCUT2D eigenvalue weighted by Crippen LogP contribution is -2.36. The molecule has 2 rings (SSSR count). The molecule has 2 unspecified atom stereocenters. The molecule has 2 atom stereocenters. The monoisotopic (exact) mass is 233 g/mol. The van der Waals surface area contributed by atoms with Gasteiger partial charge in [-0.1, -0.05) is 18.6 Å². The van der Waals surface area contributed by atoms with Gasteiger partial charge in [-0.25, -0.2) is 0 Å². The van der Waals surface area contributed by atoms with Crippen molar-refractivity contribution in [3.8, 4) is 5.75 Å². The third-order valence-corrected chi connectivity index (χ3v) is 3.58. The second kappa shape index (κ2) is 6.06. The van der Waals surface area contributed by atoms with Crippen molar-refractivity contribution < 1.29 is 4.74 Å². The van der Waals surface area contributed by atoms with Crippen LogP contribution in [-0.4, -0.2) is 19.7 Å². The molecule has 1 aromatic carbocycles. The second-order valence-corrected chi connectivity index (χ2v) is 5.08. The summed E-state index contributed by atoms with van der Waals surface area (Å²) < 4.78 is 6.16. The molecular formula is C15H23NO. The third-order valence-electron chi connectivity index (χ3n) is 3.58. The minimum Gasteiger partial charge on any atom is -0.490 e. The van der Waals surface area contributed by atoms with Gasteiger partial charge in [0.1, 0.15) is 11.9 Å². The maximum Gasteiger partial charge on any atom is 0.119 e. The molecule has 0 bridgehead atoms. The van der Waals surface area contributed by atoms with Gasteiger partial charge in [-0.15, -0.1) is 0 Å². The molecular weight excluding hydrogens is 210 g/mol. The van der Waals surface area contributed by atoms with E-state index < -0.39 is 0 Å². The molecule has 1 aliphatic carbocycles. The van der Waals surface area contributed by atoms with Gasteiger partial charge in [-0.3, -0.25) is 0 Å². The number of rotatable bonds is 4. The molecule has 1 saturated carbocycles. The highest BCUT2D eigenvalue weighted by atomic mass is 16.5. The van der Waals surface area contributed by atoms with E-state index in [4.69, 9.17) is 4.74 Å². The van der Waals surface area contributed by atoms with Crippen LogP contribution < -0.4 is 10.1 Å². The minimum absolute atomic E-state index is 0.387. The molecule has 0 spiro atoms. The molecule has 17 heavy (non-hydrogen) atoms. The van der Waals surface area contributed by atoms with Crippen molar-refractivity contribution in [2.24, 2.45) is 5.92 Å². The van der Waals surface area contributed by atoms with Crippen LogP contribution in [0.4, 0.5) is 0 Å². The van der Waals surface area contributed by atoms with E-state index in [9.17, 15) is 0 Å². The predicted octanol–water partition coefficient (Wildman–Crippen LogP) is 3.15. The molecule has 1 aromatic rings. The zero-order valence-corrected chi connectivity index (χ0v) is 10.9. The quantitative estimate of drug-likeness (QED) is 0.862. The Morgan fingerprint density at radius 3 is 2.88 bits per heavy atom. The fourth-order valence-corrected chi connectivity index (χ4v) is 2.69. The summed E-state index contributed by atoms with van der Waals surface area (Å²) in [7, 11) is 2.03. The minimum atomic E-state index is 0.387. The van der Waals surface area contributed by atoms with E-state index in [0.29, 0.717) is 12.0 Å². The summed E-state index contributed by atoms with van der Waals surface area (Å²) >= 11 is 0. The highest BCUT2D eigenvalue weighted by Gasteiger charge is 2.26. The Kier molecular flexibility index (Phi) is 4.43. The summed E-state index contributed by atoms with van der Waals surface area (Å²) in [6.45, 7) is 3.18. The summed E-state index contributed by atoms with van der Waals surface area (Å²) in [5.41, 5.74) is 1.27. The second-order valence-electron chi connectivity index (χ2n) is 5.08. The Morgan fingerprint density at radius 2 is 2.12 bits per heavy atom. The van der Waals surface area contributed by atoms with Gasteiger partial charge >= 0.3 is 0 Å². The summed E-state index contributed by atoms with van der Waals surface area (Å²) in [6, 6.07) is 8.38. The fraction of sp³-hybridized carbons (Fsp3) is 0.600. The summed E-state index contributed by atoms with van der Waals surface area (Å²) in [5, 5.41) is 3.28. The molecule has 0 aliphatic heterocycles. The number of nitrogens with one attached hydrogen (secondary N) is 1. The molecule has 1 aliphatic rings. The van der Waals surface area contributed by atoms with Gasteiger partial charge in [-0.05, 0) is 50.9 Å². The van der Waals surface area contributed by atoms with E-state index in [-0.39, 0.29) is 0 Å². The van der Waals surface area contributed by atoms with Crippen LogP contribution in [0.2, 0.25) is 0 Å². The maximum absolute atomic E-state index is 6.16. The van der Waals surface area contributed by atoms with Crippen LogP contribution in [0, 0.1) is 12.8 Å². The first-order chi connectivity index (χ1) is 8.29. The van der Waals surface area contributed by atoms with Gasteiger partial charge in [0.2, 0.25) is 0 Å². The number of hydrogen-bond donors (Lipinski definition) is 1. The molecule has 1 N–H and O–H groups in total. The molecule has 94 valence electrons. The maximum atomic E-state index is 6.16. The van der Waals surface area contributed by atoms with Gasteiger partial charge in [0, 0.05) is 12.5 Å². The lowest BCUT2D eigenvalue weighted by molar-refractivity contribution is 0.0931. The van der Waals surface area contributed by atoms with Crippen LogP contribution in [0.3, 0.4) is 0 Å². The smallest absolute Gasteiger partial charge is 0.119 e. The first-order valence-electron chi connectivity index (χ1n) is 6.67. The number of ether oxygens (including phenoxy) is 1. The normalized spacial score (nSPS) is 24.6. The van der Waals surface area contributed by atoms with Gasteiger partial charge in [0.05, 0.1) is 0 Å². The van der Waals surface area contributed by atoms with Crippen molar-refractivity contribution in [1.82, 2.24) is 5.32 Å². The van der Waals surface area contributed by atoms with Crippen molar-refractivity contribution in [3.63, 3.8) is 0 Å². The zero-order valence-electron chi connectivity index (χ0n) is 10.9. The molecule has 0 amide bonds. The van der Waals surface area contributed by atoms with Crippen molar-refractivity contribution in [1.29, 1.82) is 0 Å². The fourth-order valence-electron chi connectivity index (χ4n) is 2.69. The molecule has 0 radical (unpaired) electrons. The van der Waals surface area contributed by atoms with Gasteiger partial charge < -0.3 is 10.1 Å². The third kappa shape index (κ3) is 3.47. The number of benzene rings is 1. The molecule has 0 aromatic heterocycles. The molecule has 1 fully saturated rings. The zero-order chi connectivity index (χ0) is 12.1. The van der Waals surface area contributed by atoms with Crippen LogP contribution in [0.5, 0.6) is 5.75 Å². The lowest BCUT2D eigenvalue weighted by atomic mass is 9.86. The van der Waals surface area contributed by atoms with Crippen LogP contribution in [0.25, 0.3) is 0 Å². The highest BCUT2D eigenvalue weighted by Crippen LogP contribution is 2.28. The summed E-state index contributed by atoms with van der Waals surface area (Å²) in [6.07, 6.45) is 5.52. The van der Waals surface area contributed by atoms with E-state index >= 15 is 0 Å². The molecule has 2 nitrogen and oxygen atoms in total. The highest BCUT2D eigenvalue weighted by molar-refractivity contribution is 5.27. The van der Waals surface area contributed by atoms with Crippen molar-refractivity contribution in [2.45, 2.75) is 38.7 Å². The van der Waals surface area contributed by atoms with Gasteiger partial charge in [0.15, 0.2) is 0 Å². The van der Waals surface area contributed by atoms with Crippen molar-refractivity contribution in [2.75, 3.05) is 13.6 Å². The van der Waals surface area contributed by atoms with E-state index in [1.54, 1.807) is 0 Å². The van der Waals surface area contributed by atoms with Crippen LogP contribution in [0.15, 0.2) is 24.3 Å². The van der Waals surface area contributed by atoms with Gasteiger partial charge in [0.25, 0.3) is 0 Å². The Labute approximate surface area is 104 Å². The first kappa shape index (κ1) is 12.4. The number of aryl methyl sites for hydroxylation is 1. The predicted molar refractivity (Wildman–Crippen MR) is 71.5 cm³/mol. The average Bonchev–Trinajstić information content (AvgIpc) is 2.32. The Morgan fingerprint density at radius 1 is 1.29 bits per heavy atom. The Hall–Kier alpha value is -1.02. The van der Waals surface area contributed by atoms with E-state index in [2.05, 4.69) is 36.5 Å². The van der Waals surface area contributed by atoms with E-state index in [0.717, 1.165) is 12.3 Å². The summed E-state index contributed by atoms with van der Waals surface area (Å²) in [5.74, 6) is 1.69. The lowest BCUT2D eigenvalue weighted by Gasteiger charge is -2.31. The van der Waals surface area contributed by atoms with Crippen LogP contribution in [-0.2, 0) is 0 Å². The molecule has 0 heterocycles. The van der Waals surface area contributed by atoms with Crippen molar-refractivity contribution >= 4 is 0 Å². The van der Waals surface area contributed by atoms with Crippen LogP contribution >= 0.6 is 0 Å². The largest absolute Gasteiger partial charge is 0.490 e. The standard InChI is InChI=1S/C15H23NO/c1-12-6-5-8-14(10-12)17-15-9-4-3-7-13(15)11-16-2/h5-6,8,10,13,15-16H,3-4,7,9,11H2,1-2H3. The van der Waals surface area contributed by atoms with Crippen molar-refractivity contribution in [3.05, 3.63) is 29.8 Å². The Balaban J connectivity index is 2.00. The molecule has 2 heteroatoms. The topological polar surface area (TPSA) is 21.3 Å². The van der Waals surface area contributed by atoms with Crippen LogP contribution in [0.1, 0.15) is 31.2 Å². The van der Waals surface area contributed by atoms with Gasteiger partial charge in [-0.2, -0.15) is 0 Å². The van der Waals surface area contributed by atoms with E-state index in [1.807, 2.05) is 7.05 Å². The average molecular weight is 233 g/mol.